The van der Waals surface area contributed by atoms with Gasteiger partial charge in [-0.25, -0.2) is 0 Å². The first kappa shape index (κ1) is 48.4. The molecule has 1 unspecified atom stereocenters. The molecule has 0 bridgehead atoms. The van der Waals surface area contributed by atoms with Gasteiger partial charge in [0.05, 0.1) is 18.0 Å². The van der Waals surface area contributed by atoms with Crippen molar-refractivity contribution in [1.82, 2.24) is 0 Å². The number of aliphatic carboxylic acids is 1. The fraction of sp³-hybridized carbons (Fsp3) is 0.688. The molecule has 0 aliphatic heterocycles. The molecule has 8 nitrogen and oxygen atoms in total. The van der Waals surface area contributed by atoms with Crippen molar-refractivity contribution in [1.29, 1.82) is 0 Å². The van der Waals surface area contributed by atoms with Gasteiger partial charge in [-0.1, -0.05) is 132 Å². The molecule has 0 saturated heterocycles. The lowest BCUT2D eigenvalue weighted by Gasteiger charge is -2.28. The highest BCUT2D eigenvalue weighted by Gasteiger charge is 2.31. The smallest absolute Gasteiger partial charge is 0.334 e. The number of rotatable bonds is 20. The van der Waals surface area contributed by atoms with Crippen molar-refractivity contribution in [2.45, 2.75) is 200 Å². The van der Waals surface area contributed by atoms with E-state index in [9.17, 15) is 20.1 Å². The first-order valence-electron chi connectivity index (χ1n) is 21.9. The fourth-order valence-electron chi connectivity index (χ4n) is 8.01. The molecule has 9 heteroatoms. The fourth-order valence-corrected chi connectivity index (χ4v) is 10.5. The first-order valence-corrected chi connectivity index (χ1v) is 24.5. The Morgan fingerprint density at radius 3 is 1.63 bits per heavy atom. The van der Waals surface area contributed by atoms with Crippen molar-refractivity contribution >= 4 is 27.0 Å². The normalized spacial score (nSPS) is 17.8. The number of carboxylic acid groups (broad SMARTS) is 1. The summed E-state index contributed by atoms with van der Waals surface area (Å²) in [5.74, 6) is -1.08. The van der Waals surface area contributed by atoms with Crippen molar-refractivity contribution in [3.8, 4) is 11.5 Å². The molecule has 57 heavy (non-hydrogen) atoms. The molecule has 3 atom stereocenters. The molecular weight excluding hydrogens is 729 g/mol. The van der Waals surface area contributed by atoms with E-state index in [0.29, 0.717) is 30.8 Å². The second kappa shape index (κ2) is 21.3. The van der Waals surface area contributed by atoms with E-state index in [0.717, 1.165) is 92.5 Å². The number of nitrogens with zero attached hydrogens (tertiary/aromatic N) is 2. The molecule has 1 aliphatic rings. The van der Waals surface area contributed by atoms with Gasteiger partial charge in [0.1, 0.15) is 11.5 Å². The molecule has 0 heterocycles. The van der Waals surface area contributed by atoms with Crippen LogP contribution in [0.2, 0.25) is 12.6 Å². The number of aromatic hydroxyl groups is 2. The lowest BCUT2D eigenvalue weighted by atomic mass is 9.79. The molecule has 320 valence electrons. The second-order valence-corrected chi connectivity index (χ2v) is 22.9. The van der Waals surface area contributed by atoms with E-state index in [1.165, 1.54) is 6.42 Å². The Balaban J connectivity index is 1.76. The standard InChI is InChI=1S/C48H78N2O6Si/c1-13-55-57(12,56-14-2)27-23-19-17-15-16-18-20-24-38(45(53)54)34-28-35(43(51)39(30-34)47(6,7)8)32-49-41-25-21-22-26-42(41)50-33-36-29-37(46(3,4)5)31-40(44(36)52)48(9,10)11/h28-33,38,41-42,51-52H,13-27H2,1-12H3,(H,53,54)/t38?,41-,42-/m1/s1. The average molecular weight is 807 g/mol. The van der Waals surface area contributed by atoms with Crippen LogP contribution in [0.3, 0.4) is 0 Å². The maximum Gasteiger partial charge on any atom is 0.334 e. The zero-order valence-electron chi connectivity index (χ0n) is 37.8. The summed E-state index contributed by atoms with van der Waals surface area (Å²) in [6.07, 6.45) is 15.5. The minimum absolute atomic E-state index is 0.0721. The van der Waals surface area contributed by atoms with Crippen LogP contribution in [0.5, 0.6) is 11.5 Å². The second-order valence-electron chi connectivity index (χ2n) is 19.6. The Bertz CT molecular complexity index is 1640. The molecule has 1 fully saturated rings. The minimum Gasteiger partial charge on any atom is -0.507 e. The van der Waals surface area contributed by atoms with E-state index in [4.69, 9.17) is 18.8 Å². The SMILES string of the molecule is CCO[Si](C)(CCCCCCCCCC(C(=O)O)c1cc(C=N[C@@H]2CCCC[C@H]2N=Cc2cc(C(C)(C)C)cc(C(C)(C)C)c2O)c(O)c(C(C)(C)C)c1)OCC. The van der Waals surface area contributed by atoms with Gasteiger partial charge < -0.3 is 24.2 Å². The summed E-state index contributed by atoms with van der Waals surface area (Å²) in [5, 5.41) is 33.4. The van der Waals surface area contributed by atoms with Crippen molar-refractivity contribution < 1.29 is 29.0 Å². The van der Waals surface area contributed by atoms with Crippen LogP contribution in [0.4, 0.5) is 0 Å². The van der Waals surface area contributed by atoms with Gasteiger partial charge in [-0.15, -0.1) is 0 Å². The first-order chi connectivity index (χ1) is 26.6. The highest BCUT2D eigenvalue weighted by Crippen LogP contribution is 2.39. The Kier molecular flexibility index (Phi) is 18.1. The summed E-state index contributed by atoms with van der Waals surface area (Å²) in [6.45, 7) is 26.7. The average Bonchev–Trinajstić information content (AvgIpc) is 3.10. The predicted molar refractivity (Wildman–Crippen MR) is 241 cm³/mol. The van der Waals surface area contributed by atoms with Crippen LogP contribution >= 0.6 is 0 Å². The molecule has 1 aliphatic carbocycles. The summed E-state index contributed by atoms with van der Waals surface area (Å²) >= 11 is 0. The minimum atomic E-state index is -2.05. The van der Waals surface area contributed by atoms with Gasteiger partial charge in [-0.2, -0.15) is 0 Å². The van der Waals surface area contributed by atoms with Crippen molar-refractivity contribution in [2.24, 2.45) is 9.98 Å². The van der Waals surface area contributed by atoms with E-state index in [1.807, 2.05) is 53.0 Å². The zero-order chi connectivity index (χ0) is 42.6. The Labute approximate surface area is 347 Å². The van der Waals surface area contributed by atoms with Crippen molar-refractivity contribution in [3.63, 3.8) is 0 Å². The number of hydrogen-bond acceptors (Lipinski definition) is 7. The van der Waals surface area contributed by atoms with Crippen LogP contribution in [0.15, 0.2) is 34.3 Å². The van der Waals surface area contributed by atoms with Crippen LogP contribution in [0.1, 0.15) is 193 Å². The van der Waals surface area contributed by atoms with Gasteiger partial charge in [0.2, 0.25) is 0 Å². The van der Waals surface area contributed by atoms with Crippen LogP contribution in [-0.4, -0.2) is 67.6 Å². The molecule has 0 amide bonds. The van der Waals surface area contributed by atoms with E-state index in [2.05, 4.69) is 60.2 Å². The Hall–Kier alpha value is -3.01. The summed E-state index contributed by atoms with van der Waals surface area (Å²) in [5.41, 5.74) is 4.06. The topological polar surface area (TPSA) is 121 Å². The monoisotopic (exact) mass is 807 g/mol. The maximum atomic E-state index is 12.7. The number of carboxylic acids is 1. The largest absolute Gasteiger partial charge is 0.507 e. The van der Waals surface area contributed by atoms with Gasteiger partial charge in [0, 0.05) is 47.9 Å². The summed E-state index contributed by atoms with van der Waals surface area (Å²) in [6, 6.07) is 8.76. The van der Waals surface area contributed by atoms with Gasteiger partial charge in [-0.3, -0.25) is 14.8 Å². The van der Waals surface area contributed by atoms with Crippen molar-refractivity contribution in [3.05, 3.63) is 57.6 Å². The van der Waals surface area contributed by atoms with Crippen molar-refractivity contribution in [2.75, 3.05) is 13.2 Å². The lowest BCUT2D eigenvalue weighted by Crippen LogP contribution is -2.38. The van der Waals surface area contributed by atoms with Gasteiger partial charge in [-0.05, 0) is 85.2 Å². The summed E-state index contributed by atoms with van der Waals surface area (Å²) in [4.78, 5) is 22.8. The zero-order valence-corrected chi connectivity index (χ0v) is 38.8. The number of hydrogen-bond donors (Lipinski definition) is 3. The Morgan fingerprint density at radius 2 is 1.18 bits per heavy atom. The maximum absolute atomic E-state index is 12.7. The molecule has 2 aromatic rings. The number of phenolic OH excluding ortho intramolecular Hbond substituents is 2. The van der Waals surface area contributed by atoms with Gasteiger partial charge >= 0.3 is 14.5 Å². The third kappa shape index (κ3) is 14.6. The molecule has 0 radical (unpaired) electrons. The molecule has 3 N–H and O–H groups in total. The summed E-state index contributed by atoms with van der Waals surface area (Å²) in [7, 11) is -2.05. The molecule has 3 rings (SSSR count). The molecular formula is C48H78N2O6Si. The summed E-state index contributed by atoms with van der Waals surface area (Å²) < 4.78 is 12.0. The van der Waals surface area contributed by atoms with E-state index in [1.54, 1.807) is 6.21 Å². The predicted octanol–water partition coefficient (Wildman–Crippen LogP) is 12.3. The van der Waals surface area contributed by atoms with Crippen LogP contribution < -0.4 is 0 Å². The van der Waals surface area contributed by atoms with Gasteiger partial charge in [0.25, 0.3) is 0 Å². The van der Waals surface area contributed by atoms with Crippen LogP contribution in [-0.2, 0) is 29.9 Å². The molecule has 2 aromatic carbocycles. The van der Waals surface area contributed by atoms with E-state index in [-0.39, 0.29) is 34.4 Å². The third-order valence-corrected chi connectivity index (χ3v) is 14.6. The molecule has 0 spiro atoms. The molecule has 0 aromatic heterocycles. The lowest BCUT2D eigenvalue weighted by molar-refractivity contribution is -0.139. The number of carbonyl (C=O) groups is 1. The van der Waals surface area contributed by atoms with E-state index < -0.39 is 25.9 Å². The Morgan fingerprint density at radius 1 is 0.719 bits per heavy atom. The van der Waals surface area contributed by atoms with Crippen LogP contribution in [0, 0.1) is 0 Å². The quantitative estimate of drug-likeness (QED) is 0.0696. The molecule has 1 saturated carbocycles. The van der Waals surface area contributed by atoms with E-state index >= 15 is 0 Å². The highest BCUT2D eigenvalue weighted by molar-refractivity contribution is 6.66. The van der Waals surface area contributed by atoms with Gasteiger partial charge in [0.15, 0.2) is 0 Å². The highest BCUT2D eigenvalue weighted by atomic mass is 28.4. The number of aliphatic imine (C=N–C) groups is 2. The third-order valence-electron chi connectivity index (χ3n) is 11.5. The van der Waals surface area contributed by atoms with Crippen LogP contribution in [0.25, 0.3) is 0 Å². The number of benzene rings is 2. The number of phenols is 2. The number of unbranched alkanes of at least 4 members (excludes halogenated alkanes) is 6.